The first kappa shape index (κ1) is 13.2. The highest BCUT2D eigenvalue weighted by atomic mass is 32.1. The molecule has 0 aromatic carbocycles. The molecule has 6 heteroatoms. The van der Waals surface area contributed by atoms with E-state index >= 15 is 0 Å². The molecule has 3 N–H and O–H groups in total. The molecule has 2 heterocycles. The number of thiophene rings is 1. The quantitative estimate of drug-likeness (QED) is 0.880. The van der Waals surface area contributed by atoms with Crippen molar-refractivity contribution in [2.24, 2.45) is 5.73 Å². The molecule has 0 radical (unpaired) electrons. The Balaban J connectivity index is 1.90. The number of carbonyl (C=O) groups is 1. The third-order valence-corrected chi connectivity index (χ3v) is 4.27. The van der Waals surface area contributed by atoms with Crippen molar-refractivity contribution in [2.75, 3.05) is 6.54 Å². The normalized spacial score (nSPS) is 10.6. The predicted octanol–water partition coefficient (Wildman–Crippen LogP) is 1.94. The van der Waals surface area contributed by atoms with E-state index in [1.165, 1.54) is 16.2 Å². The Bertz CT molecular complexity index is 533. The van der Waals surface area contributed by atoms with Gasteiger partial charge in [0.1, 0.15) is 5.69 Å². The molecule has 0 fully saturated rings. The number of nitrogens with one attached hydrogen (secondary N) is 1. The molecule has 0 unspecified atom stereocenters. The number of aromatic nitrogens is 1. The fourth-order valence-corrected chi connectivity index (χ4v) is 3.12. The van der Waals surface area contributed by atoms with Crippen molar-refractivity contribution in [2.45, 2.75) is 19.9 Å². The van der Waals surface area contributed by atoms with Crippen molar-refractivity contribution in [1.29, 1.82) is 0 Å². The summed E-state index contributed by atoms with van der Waals surface area (Å²) < 4.78 is 0. The minimum atomic E-state index is -0.124. The van der Waals surface area contributed by atoms with Crippen molar-refractivity contribution in [3.05, 3.63) is 38.0 Å². The van der Waals surface area contributed by atoms with Gasteiger partial charge in [-0.1, -0.05) is 0 Å². The minimum Gasteiger partial charge on any atom is -0.346 e. The van der Waals surface area contributed by atoms with E-state index in [2.05, 4.69) is 17.2 Å². The SMILES string of the molecule is Cc1ccc(CNC(=O)c2csc(CCN)n2)s1. The molecule has 2 aromatic heterocycles. The Labute approximate surface area is 114 Å². The maximum Gasteiger partial charge on any atom is 0.271 e. The van der Waals surface area contributed by atoms with Crippen LogP contribution in [0.3, 0.4) is 0 Å². The van der Waals surface area contributed by atoms with Crippen LogP contribution in [-0.2, 0) is 13.0 Å². The van der Waals surface area contributed by atoms with Crippen LogP contribution in [0, 0.1) is 6.92 Å². The van der Waals surface area contributed by atoms with Gasteiger partial charge in [0.05, 0.1) is 11.6 Å². The molecule has 0 spiro atoms. The molecule has 0 bridgehead atoms. The van der Waals surface area contributed by atoms with Crippen LogP contribution in [-0.4, -0.2) is 17.4 Å². The van der Waals surface area contributed by atoms with Gasteiger partial charge in [0.15, 0.2) is 0 Å². The topological polar surface area (TPSA) is 68.0 Å². The molecule has 0 saturated carbocycles. The summed E-state index contributed by atoms with van der Waals surface area (Å²) in [6.07, 6.45) is 0.724. The number of amides is 1. The lowest BCUT2D eigenvalue weighted by Gasteiger charge is -2.00. The number of nitrogens with two attached hydrogens (primary N) is 1. The van der Waals surface area contributed by atoms with E-state index in [1.807, 2.05) is 12.1 Å². The Hall–Kier alpha value is -1.24. The Kier molecular flexibility index (Phi) is 4.46. The minimum absolute atomic E-state index is 0.124. The summed E-state index contributed by atoms with van der Waals surface area (Å²) in [4.78, 5) is 18.5. The number of thiazole rings is 1. The van der Waals surface area contributed by atoms with Gasteiger partial charge < -0.3 is 11.1 Å². The summed E-state index contributed by atoms with van der Waals surface area (Å²) in [5.74, 6) is -0.124. The fraction of sp³-hybridized carbons (Fsp3) is 0.333. The van der Waals surface area contributed by atoms with Crippen molar-refractivity contribution >= 4 is 28.6 Å². The molecular weight excluding hydrogens is 266 g/mol. The first-order chi connectivity index (χ1) is 8.69. The van der Waals surface area contributed by atoms with Gasteiger partial charge in [-0.2, -0.15) is 0 Å². The monoisotopic (exact) mass is 281 g/mol. The van der Waals surface area contributed by atoms with Gasteiger partial charge in [-0.05, 0) is 25.6 Å². The molecule has 0 aliphatic heterocycles. The van der Waals surface area contributed by atoms with E-state index in [-0.39, 0.29) is 5.91 Å². The zero-order chi connectivity index (χ0) is 13.0. The molecule has 0 saturated heterocycles. The number of rotatable bonds is 5. The lowest BCUT2D eigenvalue weighted by molar-refractivity contribution is 0.0947. The van der Waals surface area contributed by atoms with Crippen LogP contribution in [0.4, 0.5) is 0 Å². The standard InChI is InChI=1S/C12H15N3OS2/c1-8-2-3-9(18-8)6-14-12(16)10-7-17-11(15-10)4-5-13/h2-3,7H,4-6,13H2,1H3,(H,14,16). The molecule has 0 aliphatic rings. The third-order valence-electron chi connectivity index (χ3n) is 2.36. The van der Waals surface area contributed by atoms with Gasteiger partial charge in [-0.15, -0.1) is 22.7 Å². The summed E-state index contributed by atoms with van der Waals surface area (Å²) in [5, 5.41) is 5.56. The molecule has 1 amide bonds. The number of nitrogens with zero attached hydrogens (tertiary/aromatic N) is 1. The van der Waals surface area contributed by atoms with Crippen molar-refractivity contribution in [1.82, 2.24) is 10.3 Å². The molecule has 2 aromatic rings. The highest BCUT2D eigenvalue weighted by Crippen LogP contribution is 2.15. The molecule has 96 valence electrons. The Morgan fingerprint density at radius 3 is 3.00 bits per heavy atom. The zero-order valence-corrected chi connectivity index (χ0v) is 11.7. The Morgan fingerprint density at radius 1 is 1.50 bits per heavy atom. The highest BCUT2D eigenvalue weighted by Gasteiger charge is 2.10. The summed E-state index contributed by atoms with van der Waals surface area (Å²) in [6, 6.07) is 4.08. The molecule has 0 atom stereocenters. The molecule has 18 heavy (non-hydrogen) atoms. The van der Waals surface area contributed by atoms with Gasteiger partial charge in [-0.25, -0.2) is 4.98 Å². The second kappa shape index (κ2) is 6.08. The average Bonchev–Trinajstić information content (AvgIpc) is 2.96. The summed E-state index contributed by atoms with van der Waals surface area (Å²) in [6.45, 7) is 3.17. The number of hydrogen-bond acceptors (Lipinski definition) is 5. The average molecular weight is 281 g/mol. The second-order valence-corrected chi connectivity index (χ2v) is 6.18. The maximum absolute atomic E-state index is 11.8. The van der Waals surface area contributed by atoms with E-state index < -0.39 is 0 Å². The lowest BCUT2D eigenvalue weighted by atomic mass is 10.4. The van der Waals surface area contributed by atoms with Crippen LogP contribution >= 0.6 is 22.7 Å². The Morgan fingerprint density at radius 2 is 2.33 bits per heavy atom. The first-order valence-corrected chi connectivity index (χ1v) is 7.36. The van der Waals surface area contributed by atoms with Gasteiger partial charge >= 0.3 is 0 Å². The maximum atomic E-state index is 11.8. The van der Waals surface area contributed by atoms with Crippen LogP contribution in [0.5, 0.6) is 0 Å². The van der Waals surface area contributed by atoms with Crippen LogP contribution < -0.4 is 11.1 Å². The van der Waals surface area contributed by atoms with E-state index in [1.54, 1.807) is 16.7 Å². The van der Waals surface area contributed by atoms with Crippen LogP contribution in [0.25, 0.3) is 0 Å². The summed E-state index contributed by atoms with van der Waals surface area (Å²) >= 11 is 3.17. The van der Waals surface area contributed by atoms with Gasteiger partial charge in [-0.3, -0.25) is 4.79 Å². The van der Waals surface area contributed by atoms with Gasteiger partial charge in [0, 0.05) is 21.6 Å². The predicted molar refractivity (Wildman–Crippen MR) is 75.1 cm³/mol. The van der Waals surface area contributed by atoms with Gasteiger partial charge in [0.25, 0.3) is 5.91 Å². The highest BCUT2D eigenvalue weighted by molar-refractivity contribution is 7.11. The molecular formula is C12H15N3OS2. The van der Waals surface area contributed by atoms with E-state index in [4.69, 9.17) is 5.73 Å². The number of hydrogen-bond donors (Lipinski definition) is 2. The van der Waals surface area contributed by atoms with E-state index in [0.717, 1.165) is 16.3 Å². The third kappa shape index (κ3) is 3.38. The molecule has 4 nitrogen and oxygen atoms in total. The van der Waals surface area contributed by atoms with Crippen molar-refractivity contribution < 1.29 is 4.79 Å². The number of carbonyl (C=O) groups excluding carboxylic acids is 1. The molecule has 0 aliphatic carbocycles. The second-order valence-electron chi connectivity index (χ2n) is 3.86. The first-order valence-electron chi connectivity index (χ1n) is 5.67. The van der Waals surface area contributed by atoms with Crippen LogP contribution in [0.15, 0.2) is 17.5 Å². The van der Waals surface area contributed by atoms with Crippen molar-refractivity contribution in [3.8, 4) is 0 Å². The van der Waals surface area contributed by atoms with Crippen molar-refractivity contribution in [3.63, 3.8) is 0 Å². The van der Waals surface area contributed by atoms with Crippen LogP contribution in [0.2, 0.25) is 0 Å². The smallest absolute Gasteiger partial charge is 0.271 e. The fourth-order valence-electron chi connectivity index (χ4n) is 1.49. The van der Waals surface area contributed by atoms with E-state index in [0.29, 0.717) is 18.8 Å². The lowest BCUT2D eigenvalue weighted by Crippen LogP contribution is -2.22. The number of aryl methyl sites for hydroxylation is 1. The molecule has 2 rings (SSSR count). The largest absolute Gasteiger partial charge is 0.346 e. The summed E-state index contributed by atoms with van der Waals surface area (Å²) in [7, 11) is 0. The van der Waals surface area contributed by atoms with Gasteiger partial charge in [0.2, 0.25) is 0 Å². The van der Waals surface area contributed by atoms with E-state index in [9.17, 15) is 4.79 Å². The van der Waals surface area contributed by atoms with Crippen LogP contribution in [0.1, 0.15) is 25.3 Å². The summed E-state index contributed by atoms with van der Waals surface area (Å²) in [5.41, 5.74) is 5.93. The zero-order valence-electron chi connectivity index (χ0n) is 10.1.